The summed E-state index contributed by atoms with van der Waals surface area (Å²) in [4.78, 5) is 50.2. The summed E-state index contributed by atoms with van der Waals surface area (Å²) in [5, 5.41) is 24.0. The van der Waals surface area contributed by atoms with Gasteiger partial charge in [0.1, 0.15) is 18.3 Å². The van der Waals surface area contributed by atoms with Crippen LogP contribution < -0.4 is 0 Å². The van der Waals surface area contributed by atoms with Crippen LogP contribution in [0.3, 0.4) is 0 Å². The number of hydrogen-bond donors (Lipinski definition) is 2. The maximum absolute atomic E-state index is 13.9. The Kier molecular flexibility index (Phi) is 5.53. The lowest BCUT2D eigenvalue weighted by atomic mass is 9.35. The van der Waals surface area contributed by atoms with Crippen LogP contribution in [0.5, 0.6) is 0 Å². The van der Waals surface area contributed by atoms with Crippen molar-refractivity contribution in [1.29, 1.82) is 0 Å². The van der Waals surface area contributed by atoms with Gasteiger partial charge in [0.25, 0.3) is 0 Å². The van der Waals surface area contributed by atoms with E-state index in [9.17, 15) is 29.4 Å². The van der Waals surface area contributed by atoms with Crippen LogP contribution in [0.2, 0.25) is 0 Å². The van der Waals surface area contributed by atoms with Crippen LogP contribution in [0.25, 0.3) is 0 Å². The minimum absolute atomic E-state index is 0.0457. The van der Waals surface area contributed by atoms with E-state index in [4.69, 9.17) is 18.9 Å². The number of esters is 3. The van der Waals surface area contributed by atoms with Gasteiger partial charge >= 0.3 is 17.9 Å². The van der Waals surface area contributed by atoms with Crippen LogP contribution in [0.15, 0.2) is 12.2 Å². The highest BCUT2D eigenvalue weighted by Crippen LogP contribution is 2.77. The first kappa shape index (κ1) is 25.4. The summed E-state index contributed by atoms with van der Waals surface area (Å²) in [5.41, 5.74) is -3.37. The number of rotatable bonds is 4. The van der Waals surface area contributed by atoms with Gasteiger partial charge in [0.2, 0.25) is 5.79 Å². The molecule has 10 heteroatoms. The van der Waals surface area contributed by atoms with Gasteiger partial charge in [-0.1, -0.05) is 13.5 Å². The van der Waals surface area contributed by atoms with Gasteiger partial charge < -0.3 is 29.2 Å². The molecule has 10 atom stereocenters. The monoisotopic (exact) mass is 506 g/mol. The van der Waals surface area contributed by atoms with Crippen LogP contribution in [0.1, 0.15) is 53.4 Å². The summed E-state index contributed by atoms with van der Waals surface area (Å²) in [6.07, 6.45) is -1.88. The normalized spacial score (nSPS) is 48.6. The minimum Gasteiger partial charge on any atom is -0.465 e. The van der Waals surface area contributed by atoms with Gasteiger partial charge in [0.05, 0.1) is 18.6 Å². The number of Topliss-reactive ketones (excluding diaryl/α,β-unsaturated/α-hetero) is 1. The molecule has 0 aromatic carbocycles. The molecule has 0 aromatic heterocycles. The van der Waals surface area contributed by atoms with E-state index in [0.29, 0.717) is 24.8 Å². The number of ether oxygens (including phenoxy) is 4. The van der Waals surface area contributed by atoms with Crippen molar-refractivity contribution in [2.75, 3.05) is 13.2 Å². The molecule has 2 N–H and O–H groups in total. The number of aliphatic hydroxyl groups is 2. The number of aliphatic hydroxyl groups excluding tert-OH is 1. The Hall–Kier alpha value is -2.30. The molecule has 0 amide bonds. The fraction of sp³-hybridized carbons (Fsp3) is 0.769. The molecular formula is C26H34O10. The van der Waals surface area contributed by atoms with E-state index in [1.54, 1.807) is 0 Å². The first-order valence-electron chi connectivity index (χ1n) is 12.5. The largest absolute Gasteiger partial charge is 0.465 e. The summed E-state index contributed by atoms with van der Waals surface area (Å²) in [5.74, 6) is -6.23. The molecule has 36 heavy (non-hydrogen) atoms. The van der Waals surface area contributed by atoms with Crippen molar-refractivity contribution in [3.8, 4) is 0 Å². The molecule has 6 aliphatic rings. The van der Waals surface area contributed by atoms with Crippen molar-refractivity contribution in [2.45, 2.75) is 77.5 Å². The molecule has 6 rings (SSSR count). The summed E-state index contributed by atoms with van der Waals surface area (Å²) in [6, 6.07) is 0. The highest BCUT2D eigenvalue weighted by molar-refractivity contribution is 6.04. The molecule has 6 fully saturated rings. The zero-order valence-corrected chi connectivity index (χ0v) is 21.1. The standard InChI is InChI=1S/C26H34O10/c1-12-16-8-17(35-14(3)28)19-24-11-34-26(32,25(19,9-16)21(12)30)22(31)20(24)23(5,10-33-13(2)27)7-6-18(24)36-15(4)29/h16-20,22,31-32H,1,6-11H2,2-5H3/t16-,17-,18+,19+,20-,22+,23+,24+,25+,26-/m1/s1. The molecule has 2 aliphatic heterocycles. The molecule has 2 spiro atoms. The molecule has 0 unspecified atom stereocenters. The predicted octanol–water partition coefficient (Wildman–Crippen LogP) is 1.06. The lowest BCUT2D eigenvalue weighted by molar-refractivity contribution is -0.457. The van der Waals surface area contributed by atoms with E-state index in [-0.39, 0.29) is 25.6 Å². The topological polar surface area (TPSA) is 146 Å². The molecule has 4 aliphatic carbocycles. The first-order valence-corrected chi connectivity index (χ1v) is 12.5. The third-order valence-corrected chi connectivity index (χ3v) is 9.79. The summed E-state index contributed by atoms with van der Waals surface area (Å²) in [6.45, 7) is 9.52. The van der Waals surface area contributed by atoms with Crippen LogP contribution in [0.4, 0.5) is 0 Å². The second kappa shape index (κ2) is 7.85. The molecular weight excluding hydrogens is 472 g/mol. The average molecular weight is 507 g/mol. The van der Waals surface area contributed by atoms with Gasteiger partial charge in [-0.25, -0.2) is 0 Å². The Bertz CT molecular complexity index is 1050. The van der Waals surface area contributed by atoms with E-state index in [1.807, 2.05) is 6.92 Å². The summed E-state index contributed by atoms with van der Waals surface area (Å²) >= 11 is 0. The maximum Gasteiger partial charge on any atom is 0.302 e. The van der Waals surface area contributed by atoms with Crippen molar-refractivity contribution in [1.82, 2.24) is 0 Å². The Morgan fingerprint density at radius 2 is 1.78 bits per heavy atom. The van der Waals surface area contributed by atoms with E-state index >= 15 is 0 Å². The van der Waals surface area contributed by atoms with Gasteiger partial charge in [0, 0.05) is 43.4 Å². The summed E-state index contributed by atoms with van der Waals surface area (Å²) in [7, 11) is 0. The van der Waals surface area contributed by atoms with Gasteiger partial charge in [-0.2, -0.15) is 0 Å². The third-order valence-electron chi connectivity index (χ3n) is 9.79. The number of carbonyl (C=O) groups is 4. The molecule has 2 heterocycles. The van der Waals surface area contributed by atoms with Crippen LogP contribution in [-0.4, -0.2) is 71.2 Å². The molecule has 4 bridgehead atoms. The highest BCUT2D eigenvalue weighted by Gasteiger charge is 2.87. The maximum atomic E-state index is 13.9. The highest BCUT2D eigenvalue weighted by atomic mass is 16.6. The van der Waals surface area contributed by atoms with Crippen LogP contribution in [-0.2, 0) is 38.1 Å². The molecule has 0 aromatic rings. The number of ketones is 1. The van der Waals surface area contributed by atoms with Crippen molar-refractivity contribution < 1.29 is 48.3 Å². The van der Waals surface area contributed by atoms with Gasteiger partial charge in [0.15, 0.2) is 5.78 Å². The Labute approximate surface area is 209 Å². The van der Waals surface area contributed by atoms with E-state index in [1.165, 1.54) is 20.8 Å². The van der Waals surface area contributed by atoms with Crippen LogP contribution in [0, 0.1) is 34.0 Å². The fourth-order valence-corrected chi connectivity index (χ4v) is 8.78. The number of fused-ring (bicyclic) bond motifs is 2. The van der Waals surface area contributed by atoms with Gasteiger partial charge in [-0.3, -0.25) is 19.2 Å². The smallest absolute Gasteiger partial charge is 0.302 e. The Morgan fingerprint density at radius 3 is 2.39 bits per heavy atom. The molecule has 2 saturated heterocycles. The van der Waals surface area contributed by atoms with Gasteiger partial charge in [-0.05, 0) is 37.2 Å². The lowest BCUT2D eigenvalue weighted by Gasteiger charge is -2.74. The van der Waals surface area contributed by atoms with Crippen LogP contribution >= 0.6 is 0 Å². The van der Waals surface area contributed by atoms with Crippen molar-refractivity contribution in [3.05, 3.63) is 12.2 Å². The molecule has 10 nitrogen and oxygen atoms in total. The third kappa shape index (κ3) is 2.95. The van der Waals surface area contributed by atoms with Crippen molar-refractivity contribution >= 4 is 23.7 Å². The molecule has 4 saturated carbocycles. The molecule has 198 valence electrons. The minimum atomic E-state index is -2.28. The zero-order valence-electron chi connectivity index (χ0n) is 21.1. The summed E-state index contributed by atoms with van der Waals surface area (Å²) < 4.78 is 23.1. The van der Waals surface area contributed by atoms with E-state index in [0.717, 1.165) is 0 Å². The number of hydrogen-bond acceptors (Lipinski definition) is 10. The van der Waals surface area contributed by atoms with Crippen molar-refractivity contribution in [2.24, 2.45) is 34.0 Å². The predicted molar refractivity (Wildman–Crippen MR) is 121 cm³/mol. The van der Waals surface area contributed by atoms with Gasteiger partial charge in [-0.15, -0.1) is 0 Å². The second-order valence-corrected chi connectivity index (χ2v) is 11.7. The molecule has 0 radical (unpaired) electrons. The Balaban J connectivity index is 1.76. The Morgan fingerprint density at radius 1 is 1.11 bits per heavy atom. The SMILES string of the molecule is C=C1C(=O)[C@]23C[C@H]1C[C@@H](OC(C)=O)[C@H]2[C@@]12CO[C@]3(O)[C@@H](O)[C@@H]1[C@](C)(COC(C)=O)CC[C@@H]2OC(C)=O. The fourth-order valence-electron chi connectivity index (χ4n) is 8.78. The number of allylic oxidation sites excluding steroid dienone is 1. The van der Waals surface area contributed by atoms with E-state index in [2.05, 4.69) is 6.58 Å². The number of carbonyl (C=O) groups excluding carboxylic acids is 4. The lowest BCUT2D eigenvalue weighted by Crippen LogP contribution is -2.85. The van der Waals surface area contributed by atoms with E-state index < -0.39 is 75.9 Å². The zero-order chi connectivity index (χ0) is 26.4. The average Bonchev–Trinajstić information content (AvgIpc) is 2.97. The quantitative estimate of drug-likeness (QED) is 0.322. The second-order valence-electron chi connectivity index (χ2n) is 11.7. The van der Waals surface area contributed by atoms with Crippen molar-refractivity contribution in [3.63, 3.8) is 0 Å². The first-order chi connectivity index (χ1) is 16.7.